The van der Waals surface area contributed by atoms with Crippen molar-refractivity contribution in [1.82, 2.24) is 0 Å². The summed E-state index contributed by atoms with van der Waals surface area (Å²) in [5, 5.41) is 12.7. The van der Waals surface area contributed by atoms with Crippen molar-refractivity contribution in [2.24, 2.45) is 0 Å². The van der Waals surface area contributed by atoms with E-state index in [-0.39, 0.29) is 22.1 Å². The fourth-order valence-electron chi connectivity index (χ4n) is 1.77. The van der Waals surface area contributed by atoms with Gasteiger partial charge < -0.3 is 11.1 Å². The summed E-state index contributed by atoms with van der Waals surface area (Å²) >= 11 is 6.84. The van der Waals surface area contributed by atoms with Gasteiger partial charge in [0.25, 0.3) is 0 Å². The number of nitriles is 1. The Bertz CT molecular complexity index is 751. The van der Waals surface area contributed by atoms with Crippen LogP contribution in [0.25, 0.3) is 0 Å². The third-order valence-electron chi connectivity index (χ3n) is 2.81. The molecule has 0 aliphatic rings. The molecule has 0 spiro atoms. The number of carbonyl (C=O) groups is 1. The molecule has 4 nitrogen and oxygen atoms in total. The number of ketones is 1. The summed E-state index contributed by atoms with van der Waals surface area (Å²) in [6.07, 6.45) is 0. The summed E-state index contributed by atoms with van der Waals surface area (Å²) in [7, 11) is 0. The van der Waals surface area contributed by atoms with Gasteiger partial charge in [-0.1, -0.05) is 17.7 Å². The van der Waals surface area contributed by atoms with Gasteiger partial charge in [0.2, 0.25) is 0 Å². The van der Waals surface area contributed by atoms with E-state index in [1.807, 2.05) is 6.07 Å². The molecule has 0 saturated heterocycles. The molecule has 0 bridgehead atoms. The molecule has 0 aliphatic carbocycles. The second kappa shape index (κ2) is 6.12. The molecule has 0 radical (unpaired) electrons. The first-order valence-electron chi connectivity index (χ1n) is 5.95. The number of hydrogen-bond acceptors (Lipinski definition) is 5. The van der Waals surface area contributed by atoms with Gasteiger partial charge in [-0.3, -0.25) is 4.79 Å². The third-order valence-corrected chi connectivity index (χ3v) is 4.37. The largest absolute Gasteiger partial charge is 0.396 e. The maximum absolute atomic E-state index is 13.1. The molecule has 0 atom stereocenters. The van der Waals surface area contributed by atoms with Crippen LogP contribution in [0.1, 0.15) is 27.7 Å². The predicted octanol–water partition coefficient (Wildman–Crippen LogP) is 3.81. The second-order valence-corrected chi connectivity index (χ2v) is 5.75. The molecule has 2 rings (SSSR count). The van der Waals surface area contributed by atoms with Crippen molar-refractivity contribution < 1.29 is 9.18 Å². The van der Waals surface area contributed by atoms with Gasteiger partial charge >= 0.3 is 0 Å². The van der Waals surface area contributed by atoms with Crippen molar-refractivity contribution in [1.29, 1.82) is 5.26 Å². The van der Waals surface area contributed by atoms with Gasteiger partial charge in [0, 0.05) is 13.5 Å². The SMILES string of the molecule is CC(=O)c1sc(NCc2ccc(F)c(Cl)c2)c(C#N)c1N. The Hall–Kier alpha value is -2.10. The minimum Gasteiger partial charge on any atom is -0.396 e. The molecule has 0 amide bonds. The van der Waals surface area contributed by atoms with Crippen LogP contribution >= 0.6 is 22.9 Å². The molecule has 0 aliphatic heterocycles. The van der Waals surface area contributed by atoms with Crippen LogP contribution in [0, 0.1) is 17.1 Å². The van der Waals surface area contributed by atoms with Gasteiger partial charge in [0.05, 0.1) is 15.6 Å². The highest BCUT2D eigenvalue weighted by molar-refractivity contribution is 7.18. The lowest BCUT2D eigenvalue weighted by atomic mass is 10.2. The Morgan fingerprint density at radius 1 is 1.57 bits per heavy atom. The number of rotatable bonds is 4. The number of Topliss-reactive ketones (excluding diaryl/α,β-unsaturated/α-hetero) is 1. The Balaban J connectivity index is 2.24. The predicted molar refractivity (Wildman–Crippen MR) is 82.2 cm³/mol. The Morgan fingerprint density at radius 3 is 2.86 bits per heavy atom. The highest BCUT2D eigenvalue weighted by Gasteiger charge is 2.18. The molecule has 1 aromatic carbocycles. The van der Waals surface area contributed by atoms with E-state index in [0.717, 1.165) is 16.9 Å². The molecule has 3 N–H and O–H groups in total. The zero-order valence-corrected chi connectivity index (χ0v) is 12.6. The van der Waals surface area contributed by atoms with Crippen molar-refractivity contribution in [3.8, 4) is 6.07 Å². The van der Waals surface area contributed by atoms with E-state index < -0.39 is 5.82 Å². The van der Waals surface area contributed by atoms with E-state index in [9.17, 15) is 9.18 Å². The first-order chi connectivity index (χ1) is 9.93. The zero-order chi connectivity index (χ0) is 15.6. The smallest absolute Gasteiger partial charge is 0.171 e. The number of benzene rings is 1. The van der Waals surface area contributed by atoms with Crippen LogP contribution in [0.4, 0.5) is 15.1 Å². The number of nitrogens with zero attached hydrogens (tertiary/aromatic N) is 1. The van der Waals surface area contributed by atoms with E-state index in [1.165, 1.54) is 19.1 Å². The van der Waals surface area contributed by atoms with Crippen molar-refractivity contribution in [3.63, 3.8) is 0 Å². The third kappa shape index (κ3) is 3.15. The van der Waals surface area contributed by atoms with Gasteiger partial charge in [0.15, 0.2) is 5.78 Å². The van der Waals surface area contributed by atoms with Crippen LogP contribution in [0.2, 0.25) is 5.02 Å². The van der Waals surface area contributed by atoms with Crippen molar-refractivity contribution >= 4 is 39.4 Å². The molecule has 0 saturated carbocycles. The van der Waals surface area contributed by atoms with Crippen molar-refractivity contribution in [2.75, 3.05) is 11.1 Å². The average molecular weight is 324 g/mol. The summed E-state index contributed by atoms with van der Waals surface area (Å²) in [4.78, 5) is 11.8. The minimum atomic E-state index is -0.489. The van der Waals surface area contributed by atoms with Crippen molar-refractivity contribution in [2.45, 2.75) is 13.5 Å². The molecule has 0 fully saturated rings. The zero-order valence-electron chi connectivity index (χ0n) is 11.0. The molecule has 108 valence electrons. The molecule has 7 heteroatoms. The Labute approximate surface area is 130 Å². The maximum Gasteiger partial charge on any atom is 0.171 e. The van der Waals surface area contributed by atoms with Gasteiger partial charge in [-0.05, 0) is 17.7 Å². The molecule has 21 heavy (non-hydrogen) atoms. The van der Waals surface area contributed by atoms with Gasteiger partial charge in [-0.2, -0.15) is 5.26 Å². The fourth-order valence-corrected chi connectivity index (χ4v) is 2.94. The molecular weight excluding hydrogens is 313 g/mol. The molecule has 1 heterocycles. The molecule has 0 unspecified atom stereocenters. The minimum absolute atomic E-state index is 0.0323. The second-order valence-electron chi connectivity index (χ2n) is 4.32. The monoisotopic (exact) mass is 323 g/mol. The van der Waals surface area contributed by atoms with Crippen LogP contribution in [0.3, 0.4) is 0 Å². The van der Waals surface area contributed by atoms with E-state index in [0.29, 0.717) is 16.4 Å². The fraction of sp³-hybridized carbons (Fsp3) is 0.143. The van der Waals surface area contributed by atoms with Crippen LogP contribution in [0.15, 0.2) is 18.2 Å². The van der Waals surface area contributed by atoms with E-state index >= 15 is 0 Å². The number of hydrogen-bond donors (Lipinski definition) is 2. The average Bonchev–Trinajstić information content (AvgIpc) is 2.76. The van der Waals surface area contributed by atoms with Crippen LogP contribution in [0.5, 0.6) is 0 Å². The number of halogens is 2. The number of anilines is 2. The van der Waals surface area contributed by atoms with E-state index in [4.69, 9.17) is 22.6 Å². The highest BCUT2D eigenvalue weighted by Crippen LogP contribution is 2.35. The number of nitrogen functional groups attached to an aromatic ring is 1. The standard InChI is InChI=1S/C14H11ClFN3OS/c1-7(20)13-12(18)9(5-17)14(21-13)19-6-8-2-3-11(16)10(15)4-8/h2-4,19H,6,18H2,1H3. The molecular formula is C14H11ClFN3OS. The van der Waals surface area contributed by atoms with Crippen LogP contribution in [-0.4, -0.2) is 5.78 Å². The Kier molecular flexibility index (Phi) is 4.46. The summed E-state index contributed by atoms with van der Waals surface area (Å²) < 4.78 is 13.1. The molecule has 2 aromatic rings. The lowest BCUT2D eigenvalue weighted by molar-refractivity contribution is 0.102. The van der Waals surface area contributed by atoms with Crippen LogP contribution < -0.4 is 11.1 Å². The van der Waals surface area contributed by atoms with Crippen LogP contribution in [-0.2, 0) is 6.54 Å². The number of nitrogens with two attached hydrogens (primary N) is 1. The summed E-state index contributed by atoms with van der Waals surface area (Å²) in [6.45, 7) is 1.73. The quantitative estimate of drug-likeness (QED) is 0.838. The lowest BCUT2D eigenvalue weighted by Crippen LogP contribution is -2.00. The Morgan fingerprint density at radius 2 is 2.29 bits per heavy atom. The number of thiophene rings is 1. The van der Waals surface area contributed by atoms with E-state index in [1.54, 1.807) is 6.07 Å². The van der Waals surface area contributed by atoms with Gasteiger partial charge in [-0.25, -0.2) is 4.39 Å². The van der Waals surface area contributed by atoms with Crippen molar-refractivity contribution in [3.05, 3.63) is 45.0 Å². The number of nitrogens with one attached hydrogen (secondary N) is 1. The number of carbonyl (C=O) groups excluding carboxylic acids is 1. The first-order valence-corrected chi connectivity index (χ1v) is 7.14. The highest BCUT2D eigenvalue weighted by atomic mass is 35.5. The van der Waals surface area contributed by atoms with E-state index in [2.05, 4.69) is 5.32 Å². The normalized spacial score (nSPS) is 10.2. The topological polar surface area (TPSA) is 78.9 Å². The summed E-state index contributed by atoms with van der Waals surface area (Å²) in [5.41, 5.74) is 6.97. The van der Waals surface area contributed by atoms with Gasteiger partial charge in [0.1, 0.15) is 22.5 Å². The summed E-state index contributed by atoms with van der Waals surface area (Å²) in [5.74, 6) is -0.677. The maximum atomic E-state index is 13.1. The lowest BCUT2D eigenvalue weighted by Gasteiger charge is -2.05. The summed E-state index contributed by atoms with van der Waals surface area (Å²) in [6, 6.07) is 6.34. The molecule has 1 aromatic heterocycles. The first kappa shape index (κ1) is 15.3. The van der Waals surface area contributed by atoms with Gasteiger partial charge in [-0.15, -0.1) is 11.3 Å².